The van der Waals surface area contributed by atoms with E-state index in [4.69, 9.17) is 13.8 Å². The Morgan fingerprint density at radius 1 is 1.03 bits per heavy atom. The van der Waals surface area contributed by atoms with Gasteiger partial charge >= 0.3 is 189 Å². The van der Waals surface area contributed by atoms with Gasteiger partial charge in [0.2, 0.25) is 0 Å². The number of hydrogen-bond donors (Lipinski definition) is 0. The molecule has 0 saturated carbocycles. The zero-order chi connectivity index (χ0) is 21.6. The van der Waals surface area contributed by atoms with Crippen LogP contribution in [0.4, 0.5) is 0 Å². The first-order valence-corrected chi connectivity index (χ1v) is 13.9. The molecule has 2 aromatic carbocycles. The van der Waals surface area contributed by atoms with Crippen LogP contribution in [0.25, 0.3) is 0 Å². The number of nitrogens with zero attached hydrogens (tertiary/aromatic N) is 1. The molecule has 6 nitrogen and oxygen atoms in total. The fraction of sp³-hybridized carbons (Fsp3) is 0.381. The summed E-state index contributed by atoms with van der Waals surface area (Å²) in [6.07, 6.45) is -0.735. The summed E-state index contributed by atoms with van der Waals surface area (Å²) in [5.74, 6) is -0.196. The number of ether oxygens (including phenoxy) is 1. The average Bonchev–Trinajstić information content (AvgIpc) is 2.74. The third-order valence-corrected chi connectivity index (χ3v) is 11.1. The Kier molecular flexibility index (Phi) is 8.22. The number of β-lactam (4-membered cyclic amide) rings is 1. The van der Waals surface area contributed by atoms with Gasteiger partial charge in [-0.2, -0.15) is 0 Å². The molecule has 0 spiro atoms. The van der Waals surface area contributed by atoms with Gasteiger partial charge in [-0.15, -0.1) is 0 Å². The Morgan fingerprint density at radius 2 is 1.60 bits per heavy atom. The molecule has 1 aliphatic heterocycles. The van der Waals surface area contributed by atoms with E-state index in [-0.39, 0.29) is 40.4 Å². The number of likely N-dealkylation sites (tertiary alicyclic amines) is 1. The summed E-state index contributed by atoms with van der Waals surface area (Å²) in [5, 5.41) is 0. The average molecular weight is 514 g/mol. The van der Waals surface area contributed by atoms with Crippen molar-refractivity contribution in [3.05, 3.63) is 60.7 Å². The van der Waals surface area contributed by atoms with E-state index in [2.05, 4.69) is 0 Å². The molecule has 0 aromatic heterocycles. The molecule has 162 valence electrons. The van der Waals surface area contributed by atoms with Crippen molar-refractivity contribution < 1.29 is 23.1 Å². The molecule has 30 heavy (non-hydrogen) atoms. The van der Waals surface area contributed by atoms with Gasteiger partial charge in [0.15, 0.2) is 0 Å². The molecule has 9 heteroatoms. The van der Waals surface area contributed by atoms with Gasteiger partial charge < -0.3 is 0 Å². The first-order valence-electron chi connectivity index (χ1n) is 9.68. The van der Waals surface area contributed by atoms with E-state index in [9.17, 15) is 9.36 Å². The van der Waals surface area contributed by atoms with Gasteiger partial charge in [0, 0.05) is 0 Å². The van der Waals surface area contributed by atoms with Crippen LogP contribution in [0.15, 0.2) is 65.6 Å². The molecule has 2 unspecified atom stereocenters. The third kappa shape index (κ3) is 5.02. The van der Waals surface area contributed by atoms with Crippen molar-refractivity contribution in [2.75, 3.05) is 26.6 Å². The Balaban J connectivity index is 2.00. The van der Waals surface area contributed by atoms with Crippen molar-refractivity contribution in [2.24, 2.45) is 0 Å². The first-order chi connectivity index (χ1) is 14.5. The molecular formula is C21H26NO5PSSe. The van der Waals surface area contributed by atoms with Crippen LogP contribution in [-0.4, -0.2) is 62.2 Å². The predicted octanol–water partition coefficient (Wildman–Crippen LogP) is 3.54. The number of methoxy groups -OCH3 is 1. The molecule has 1 saturated heterocycles. The number of amides is 1. The molecule has 1 heterocycles. The quantitative estimate of drug-likeness (QED) is 0.260. The van der Waals surface area contributed by atoms with E-state index in [0.717, 1.165) is 9.36 Å². The topological polar surface area (TPSA) is 65.1 Å². The summed E-state index contributed by atoms with van der Waals surface area (Å²) in [4.78, 5) is 15.7. The second kappa shape index (κ2) is 10.5. The molecule has 2 atom stereocenters. The second-order valence-corrected chi connectivity index (χ2v) is 13.1. The molecule has 0 N–H and O–H groups in total. The first kappa shape index (κ1) is 23.6. The van der Waals surface area contributed by atoms with Crippen LogP contribution in [0.3, 0.4) is 0 Å². The van der Waals surface area contributed by atoms with Gasteiger partial charge in [-0.1, -0.05) is 0 Å². The second-order valence-electron chi connectivity index (χ2n) is 6.43. The van der Waals surface area contributed by atoms with Crippen molar-refractivity contribution in [1.29, 1.82) is 0 Å². The molecule has 0 bridgehead atoms. The van der Waals surface area contributed by atoms with Crippen LogP contribution in [0.1, 0.15) is 13.8 Å². The van der Waals surface area contributed by atoms with Crippen LogP contribution in [-0.2, 0) is 23.1 Å². The summed E-state index contributed by atoms with van der Waals surface area (Å²) in [6.45, 7) is 4.02. The minimum absolute atomic E-state index is 0.0954. The molecule has 1 aliphatic rings. The SMILES string of the molecule is CCOP(=O)(CN1C(=O)C(OC)C1(Sc1ccccc1)[Se]c1ccccc1)OCC. The maximum atomic E-state index is 13.3. The number of carbonyl (C=O) groups is 1. The minimum atomic E-state index is -3.46. The summed E-state index contributed by atoms with van der Waals surface area (Å²) >= 11 is 1.38. The van der Waals surface area contributed by atoms with E-state index < -0.39 is 17.5 Å². The fourth-order valence-corrected chi connectivity index (χ4v) is 10.4. The molecule has 1 amide bonds. The number of thioether (sulfide) groups is 1. The van der Waals surface area contributed by atoms with Crippen LogP contribution < -0.4 is 4.46 Å². The normalized spacial score (nSPS) is 21.5. The van der Waals surface area contributed by atoms with Crippen LogP contribution in [0, 0.1) is 0 Å². The Hall–Kier alpha value is -1.11. The Bertz CT molecular complexity index is 834. The monoisotopic (exact) mass is 515 g/mol. The maximum absolute atomic E-state index is 13.3. The number of hydrogen-bond acceptors (Lipinski definition) is 6. The fourth-order valence-electron chi connectivity index (χ4n) is 3.18. The van der Waals surface area contributed by atoms with Crippen LogP contribution in [0.2, 0.25) is 0 Å². The van der Waals surface area contributed by atoms with Crippen molar-refractivity contribution in [3.8, 4) is 0 Å². The summed E-state index contributed by atoms with van der Waals surface area (Å²) in [7, 11) is -1.91. The van der Waals surface area contributed by atoms with E-state index in [1.165, 1.54) is 0 Å². The van der Waals surface area contributed by atoms with Crippen molar-refractivity contribution in [1.82, 2.24) is 4.90 Å². The van der Waals surface area contributed by atoms with Gasteiger partial charge in [-0.05, 0) is 0 Å². The van der Waals surface area contributed by atoms with Gasteiger partial charge in [-0.3, -0.25) is 0 Å². The number of benzene rings is 2. The van der Waals surface area contributed by atoms with Gasteiger partial charge in [-0.25, -0.2) is 0 Å². The van der Waals surface area contributed by atoms with Crippen molar-refractivity contribution in [2.45, 2.75) is 28.6 Å². The van der Waals surface area contributed by atoms with E-state index in [1.807, 2.05) is 60.7 Å². The number of carbonyl (C=O) groups excluding carboxylic acids is 1. The van der Waals surface area contributed by atoms with Gasteiger partial charge in [0.25, 0.3) is 0 Å². The van der Waals surface area contributed by atoms with Gasteiger partial charge in [0.1, 0.15) is 0 Å². The van der Waals surface area contributed by atoms with Gasteiger partial charge in [0.05, 0.1) is 0 Å². The van der Waals surface area contributed by atoms with Crippen LogP contribution >= 0.6 is 19.4 Å². The standard InChI is InChI=1S/C21H26NO5PSSe/c1-4-26-28(24,27-5-2)16-22-20(23)19(25-3)21(22,29-17-12-8-6-9-13-17)30-18-14-10-7-11-15-18/h6-15,19H,4-5,16H2,1-3H3. The van der Waals surface area contributed by atoms with E-state index in [0.29, 0.717) is 0 Å². The third-order valence-electron chi connectivity index (χ3n) is 4.41. The zero-order valence-corrected chi connectivity index (χ0v) is 20.6. The van der Waals surface area contributed by atoms with Crippen molar-refractivity contribution in [3.63, 3.8) is 0 Å². The van der Waals surface area contributed by atoms with E-state index in [1.54, 1.807) is 37.6 Å². The zero-order valence-electron chi connectivity index (χ0n) is 17.2. The van der Waals surface area contributed by atoms with Crippen LogP contribution in [0.5, 0.6) is 0 Å². The van der Waals surface area contributed by atoms with Crippen molar-refractivity contribution >= 4 is 44.7 Å². The molecule has 2 aromatic rings. The summed E-state index contributed by atoms with van der Waals surface area (Å²) < 4.78 is 30.3. The van der Waals surface area contributed by atoms with E-state index >= 15 is 0 Å². The molecule has 0 radical (unpaired) electrons. The Morgan fingerprint density at radius 3 is 2.13 bits per heavy atom. The molecule has 1 fully saturated rings. The predicted molar refractivity (Wildman–Crippen MR) is 120 cm³/mol. The number of rotatable bonds is 11. The Labute approximate surface area is 188 Å². The molecule has 0 aliphatic carbocycles. The molecule has 3 rings (SSSR count). The molecular weight excluding hydrogens is 488 g/mol. The summed E-state index contributed by atoms with van der Waals surface area (Å²) in [6, 6.07) is 19.9. The summed E-state index contributed by atoms with van der Waals surface area (Å²) in [5.41, 5.74) is 0.